The standard InChI is InChI=1S/C24H31N5O4/c1-2-33-24(30)20-10-14-28(15-11-20)23-21(29(31)32)22(25-17-26-23)27-12-8-19(9-13-27)16-18-6-4-3-5-7-18/h3-7,17,19-20H,2,8-16H2,1H3. The summed E-state index contributed by atoms with van der Waals surface area (Å²) in [6, 6.07) is 10.5. The van der Waals surface area contributed by atoms with Crippen LogP contribution in [-0.2, 0) is 16.0 Å². The van der Waals surface area contributed by atoms with Crippen molar-refractivity contribution in [1.29, 1.82) is 0 Å². The highest BCUT2D eigenvalue weighted by molar-refractivity contribution is 5.74. The highest BCUT2D eigenvalue weighted by atomic mass is 16.6. The van der Waals surface area contributed by atoms with Gasteiger partial charge in [-0.1, -0.05) is 30.3 Å². The molecule has 3 heterocycles. The third-order valence-corrected chi connectivity index (χ3v) is 6.66. The molecule has 1 aromatic heterocycles. The molecule has 9 heteroatoms. The van der Waals surface area contributed by atoms with E-state index in [0.29, 0.717) is 50.1 Å². The van der Waals surface area contributed by atoms with Gasteiger partial charge < -0.3 is 14.5 Å². The zero-order valence-corrected chi connectivity index (χ0v) is 19.1. The molecule has 176 valence electrons. The summed E-state index contributed by atoms with van der Waals surface area (Å²) in [5, 5.41) is 12.1. The van der Waals surface area contributed by atoms with Gasteiger partial charge in [0.15, 0.2) is 0 Å². The van der Waals surface area contributed by atoms with Crippen molar-refractivity contribution < 1.29 is 14.5 Å². The molecule has 0 spiro atoms. The molecular formula is C24H31N5O4. The Morgan fingerprint density at radius 2 is 1.61 bits per heavy atom. The van der Waals surface area contributed by atoms with Crippen LogP contribution in [0.1, 0.15) is 38.2 Å². The van der Waals surface area contributed by atoms with Crippen LogP contribution in [0.3, 0.4) is 0 Å². The van der Waals surface area contributed by atoms with Gasteiger partial charge in [0.25, 0.3) is 0 Å². The van der Waals surface area contributed by atoms with Crippen LogP contribution in [-0.4, -0.2) is 53.6 Å². The number of carbonyl (C=O) groups excluding carboxylic acids is 1. The van der Waals surface area contributed by atoms with E-state index in [1.54, 1.807) is 6.92 Å². The van der Waals surface area contributed by atoms with Crippen molar-refractivity contribution >= 4 is 23.3 Å². The van der Waals surface area contributed by atoms with E-state index < -0.39 is 0 Å². The van der Waals surface area contributed by atoms with Gasteiger partial charge in [-0.05, 0) is 50.5 Å². The normalized spacial score (nSPS) is 17.7. The maximum atomic E-state index is 12.1. The second kappa shape index (κ2) is 10.6. The topological polar surface area (TPSA) is 102 Å². The van der Waals surface area contributed by atoms with Gasteiger partial charge in [-0.3, -0.25) is 14.9 Å². The molecule has 2 aliphatic rings. The van der Waals surface area contributed by atoms with Crippen molar-refractivity contribution in [3.05, 3.63) is 52.3 Å². The number of anilines is 2. The van der Waals surface area contributed by atoms with Crippen molar-refractivity contribution in [3.63, 3.8) is 0 Å². The lowest BCUT2D eigenvalue weighted by Crippen LogP contribution is -2.39. The lowest BCUT2D eigenvalue weighted by Gasteiger charge is -2.34. The minimum atomic E-state index is -0.363. The third-order valence-electron chi connectivity index (χ3n) is 6.66. The maximum Gasteiger partial charge on any atom is 0.353 e. The fourth-order valence-corrected chi connectivity index (χ4v) is 4.87. The smallest absolute Gasteiger partial charge is 0.353 e. The lowest BCUT2D eigenvalue weighted by atomic mass is 9.90. The van der Waals surface area contributed by atoms with Gasteiger partial charge in [0.05, 0.1) is 17.4 Å². The Balaban J connectivity index is 1.44. The van der Waals surface area contributed by atoms with Gasteiger partial charge in [-0.2, -0.15) is 0 Å². The number of hydrogen-bond acceptors (Lipinski definition) is 8. The van der Waals surface area contributed by atoms with E-state index in [1.807, 2.05) is 15.9 Å². The van der Waals surface area contributed by atoms with Gasteiger partial charge in [-0.15, -0.1) is 0 Å². The molecule has 2 fully saturated rings. The number of ether oxygens (including phenoxy) is 1. The van der Waals surface area contributed by atoms with Crippen LogP contribution in [0.15, 0.2) is 36.7 Å². The fourth-order valence-electron chi connectivity index (χ4n) is 4.87. The third kappa shape index (κ3) is 5.40. The molecule has 2 aliphatic heterocycles. The van der Waals surface area contributed by atoms with E-state index >= 15 is 0 Å². The van der Waals surface area contributed by atoms with Crippen molar-refractivity contribution in [2.45, 2.75) is 39.0 Å². The summed E-state index contributed by atoms with van der Waals surface area (Å²) in [6.07, 6.45) is 5.58. The molecule has 0 atom stereocenters. The van der Waals surface area contributed by atoms with Crippen LogP contribution in [0.2, 0.25) is 0 Å². The Morgan fingerprint density at radius 3 is 2.15 bits per heavy atom. The second-order valence-corrected chi connectivity index (χ2v) is 8.76. The minimum Gasteiger partial charge on any atom is -0.466 e. The van der Waals surface area contributed by atoms with E-state index in [4.69, 9.17) is 4.74 Å². The van der Waals surface area contributed by atoms with Crippen molar-refractivity contribution in [2.24, 2.45) is 11.8 Å². The highest BCUT2D eigenvalue weighted by Gasteiger charge is 2.34. The van der Waals surface area contributed by atoms with Crippen LogP contribution < -0.4 is 9.80 Å². The lowest BCUT2D eigenvalue weighted by molar-refractivity contribution is -0.383. The predicted molar refractivity (Wildman–Crippen MR) is 125 cm³/mol. The summed E-state index contributed by atoms with van der Waals surface area (Å²) in [4.78, 5) is 36.3. The zero-order valence-electron chi connectivity index (χ0n) is 19.1. The van der Waals surface area contributed by atoms with Crippen molar-refractivity contribution in [2.75, 3.05) is 42.6 Å². The summed E-state index contributed by atoms with van der Waals surface area (Å²) in [5.74, 6) is 0.957. The number of nitrogens with zero attached hydrogens (tertiary/aromatic N) is 5. The SMILES string of the molecule is CCOC(=O)C1CCN(c2ncnc(N3CCC(Cc4ccccc4)CC3)c2[N+](=O)[O-])CC1. The Labute approximate surface area is 193 Å². The van der Waals surface area contributed by atoms with Crippen LogP contribution in [0.4, 0.5) is 17.3 Å². The molecule has 1 aromatic carbocycles. The van der Waals surface area contributed by atoms with E-state index in [9.17, 15) is 14.9 Å². The first-order valence-electron chi connectivity index (χ1n) is 11.8. The van der Waals surface area contributed by atoms with Crippen molar-refractivity contribution in [3.8, 4) is 0 Å². The largest absolute Gasteiger partial charge is 0.466 e. The number of hydrogen-bond donors (Lipinski definition) is 0. The fraction of sp³-hybridized carbons (Fsp3) is 0.542. The monoisotopic (exact) mass is 453 g/mol. The Morgan fingerprint density at radius 1 is 1.03 bits per heavy atom. The van der Waals surface area contributed by atoms with Gasteiger partial charge >= 0.3 is 11.7 Å². The van der Waals surface area contributed by atoms with E-state index in [2.05, 4.69) is 34.2 Å². The van der Waals surface area contributed by atoms with Gasteiger partial charge in [0.2, 0.25) is 11.6 Å². The van der Waals surface area contributed by atoms with Gasteiger partial charge in [-0.25, -0.2) is 9.97 Å². The molecule has 0 saturated carbocycles. The molecule has 0 radical (unpaired) electrons. The summed E-state index contributed by atoms with van der Waals surface area (Å²) < 4.78 is 5.13. The van der Waals surface area contributed by atoms with Gasteiger partial charge in [0.1, 0.15) is 6.33 Å². The summed E-state index contributed by atoms with van der Waals surface area (Å²) in [7, 11) is 0. The number of piperidine rings is 2. The molecule has 0 unspecified atom stereocenters. The number of carbonyl (C=O) groups is 1. The second-order valence-electron chi connectivity index (χ2n) is 8.76. The van der Waals surface area contributed by atoms with Gasteiger partial charge in [0, 0.05) is 26.2 Å². The first kappa shape index (κ1) is 22.9. The van der Waals surface area contributed by atoms with E-state index in [0.717, 1.165) is 32.4 Å². The van der Waals surface area contributed by atoms with Crippen LogP contribution in [0.25, 0.3) is 0 Å². The average molecular weight is 454 g/mol. The molecule has 2 aromatic rings. The zero-order chi connectivity index (χ0) is 23.2. The number of rotatable bonds is 7. The van der Waals surface area contributed by atoms with Crippen molar-refractivity contribution in [1.82, 2.24) is 9.97 Å². The molecule has 33 heavy (non-hydrogen) atoms. The molecule has 0 amide bonds. The molecule has 4 rings (SSSR count). The molecule has 0 N–H and O–H groups in total. The minimum absolute atomic E-state index is 0.0337. The summed E-state index contributed by atoms with van der Waals surface area (Å²) in [5.41, 5.74) is 1.30. The average Bonchev–Trinajstić information content (AvgIpc) is 2.85. The Kier molecular flexibility index (Phi) is 7.36. The van der Waals surface area contributed by atoms with Crippen LogP contribution in [0, 0.1) is 22.0 Å². The number of aromatic nitrogens is 2. The maximum absolute atomic E-state index is 12.1. The summed E-state index contributed by atoms with van der Waals surface area (Å²) >= 11 is 0. The number of nitro groups is 1. The molecule has 0 aliphatic carbocycles. The van der Waals surface area contributed by atoms with E-state index in [-0.39, 0.29) is 22.5 Å². The number of benzene rings is 1. The Bertz CT molecular complexity index is 955. The molecule has 2 saturated heterocycles. The first-order valence-corrected chi connectivity index (χ1v) is 11.8. The number of esters is 1. The molecule has 0 bridgehead atoms. The van der Waals surface area contributed by atoms with E-state index in [1.165, 1.54) is 11.9 Å². The Hall–Kier alpha value is -3.23. The predicted octanol–water partition coefficient (Wildman–Crippen LogP) is 3.62. The summed E-state index contributed by atoms with van der Waals surface area (Å²) in [6.45, 7) is 4.68. The first-order chi connectivity index (χ1) is 16.1. The quantitative estimate of drug-likeness (QED) is 0.356. The van der Waals surface area contributed by atoms with Crippen LogP contribution in [0.5, 0.6) is 0 Å². The molecule has 9 nitrogen and oxygen atoms in total. The highest BCUT2D eigenvalue weighted by Crippen LogP contribution is 2.37. The van der Waals surface area contributed by atoms with Crippen LogP contribution >= 0.6 is 0 Å². The molecular weight excluding hydrogens is 422 g/mol.